The summed E-state index contributed by atoms with van der Waals surface area (Å²) in [6, 6.07) is 9.28. The van der Waals surface area contributed by atoms with Gasteiger partial charge in [0.15, 0.2) is 5.70 Å². The molecule has 0 aliphatic carbocycles. The van der Waals surface area contributed by atoms with Gasteiger partial charge in [0.1, 0.15) is 0 Å². The van der Waals surface area contributed by atoms with Gasteiger partial charge < -0.3 is 18.9 Å². The lowest BCUT2D eigenvalue weighted by atomic mass is 10.2. The van der Waals surface area contributed by atoms with E-state index < -0.39 is 5.97 Å². The summed E-state index contributed by atoms with van der Waals surface area (Å²) in [5.41, 5.74) is 2.13. The van der Waals surface area contributed by atoms with E-state index in [1.807, 2.05) is 38.2 Å². The van der Waals surface area contributed by atoms with Crippen molar-refractivity contribution in [3.8, 4) is 17.8 Å². The summed E-state index contributed by atoms with van der Waals surface area (Å²) < 4.78 is 23.2. The van der Waals surface area contributed by atoms with Crippen molar-refractivity contribution in [3.63, 3.8) is 0 Å². The van der Waals surface area contributed by atoms with Crippen molar-refractivity contribution in [1.29, 1.82) is 0 Å². The van der Waals surface area contributed by atoms with E-state index in [-0.39, 0.29) is 35.2 Å². The van der Waals surface area contributed by atoms with E-state index in [1.54, 1.807) is 16.3 Å². The lowest BCUT2D eigenvalue weighted by Crippen LogP contribution is -2.34. The van der Waals surface area contributed by atoms with Gasteiger partial charge in [-0.3, -0.25) is 5.01 Å². The van der Waals surface area contributed by atoms with Crippen LogP contribution in [0, 0.1) is 6.92 Å². The zero-order valence-corrected chi connectivity index (χ0v) is 17.6. The number of benzene rings is 1. The first-order valence-electron chi connectivity index (χ1n) is 8.81. The molecule has 1 aromatic heterocycles. The third kappa shape index (κ3) is 4.54. The predicted molar refractivity (Wildman–Crippen MR) is 108 cm³/mol. The van der Waals surface area contributed by atoms with E-state index in [4.69, 9.17) is 18.9 Å². The SMILES string of the molecule is CCOC(=O)C1=C(Oc2nc(OC)cc(OC)n2)SN(C)N1c1ccc(C)cc1. The summed E-state index contributed by atoms with van der Waals surface area (Å²) >= 11 is 1.21. The van der Waals surface area contributed by atoms with E-state index in [0.717, 1.165) is 11.3 Å². The molecule has 10 heteroatoms. The van der Waals surface area contributed by atoms with Gasteiger partial charge in [0, 0.05) is 19.0 Å². The Morgan fingerprint density at radius 2 is 1.72 bits per heavy atom. The molecule has 1 aliphatic heterocycles. The van der Waals surface area contributed by atoms with E-state index in [9.17, 15) is 4.79 Å². The molecule has 0 saturated carbocycles. The molecule has 2 heterocycles. The second-order valence-corrected chi connectivity index (χ2v) is 6.98. The normalized spacial score (nSPS) is 14.2. The minimum absolute atomic E-state index is 0.00958. The Balaban J connectivity index is 2.03. The van der Waals surface area contributed by atoms with E-state index in [0.29, 0.717) is 0 Å². The highest BCUT2D eigenvalue weighted by atomic mass is 32.2. The molecule has 0 spiro atoms. The minimum Gasteiger partial charge on any atom is -0.481 e. The lowest BCUT2D eigenvalue weighted by molar-refractivity contribution is -0.138. The Kier molecular flexibility index (Phi) is 6.45. The van der Waals surface area contributed by atoms with Crippen LogP contribution in [0.2, 0.25) is 0 Å². The molecule has 1 aliphatic rings. The minimum atomic E-state index is -0.519. The molecule has 0 N–H and O–H groups in total. The number of carbonyl (C=O) groups is 1. The number of hydrogen-bond donors (Lipinski definition) is 0. The van der Waals surface area contributed by atoms with Crippen molar-refractivity contribution >= 4 is 23.6 Å². The maximum atomic E-state index is 12.8. The second-order valence-electron chi connectivity index (χ2n) is 5.90. The Morgan fingerprint density at radius 3 is 2.28 bits per heavy atom. The molecule has 0 radical (unpaired) electrons. The molecular weight excluding hydrogens is 396 g/mol. The van der Waals surface area contributed by atoms with Crippen molar-refractivity contribution in [2.45, 2.75) is 13.8 Å². The highest BCUT2D eigenvalue weighted by Gasteiger charge is 2.38. The third-order valence-corrected chi connectivity index (χ3v) is 4.78. The van der Waals surface area contributed by atoms with Crippen molar-refractivity contribution in [2.24, 2.45) is 0 Å². The van der Waals surface area contributed by atoms with Crippen LogP contribution in [0.1, 0.15) is 12.5 Å². The van der Waals surface area contributed by atoms with Crippen LogP contribution in [-0.4, -0.2) is 48.2 Å². The smallest absolute Gasteiger partial charge is 0.361 e. The summed E-state index contributed by atoms with van der Waals surface area (Å²) in [6.45, 7) is 3.97. The molecule has 1 aromatic carbocycles. The zero-order valence-electron chi connectivity index (χ0n) is 16.8. The number of anilines is 1. The fourth-order valence-electron chi connectivity index (χ4n) is 2.57. The fraction of sp³-hybridized carbons (Fsp3) is 0.316. The van der Waals surface area contributed by atoms with Gasteiger partial charge in [-0.15, -0.1) is 0 Å². The van der Waals surface area contributed by atoms with Crippen molar-refractivity contribution in [1.82, 2.24) is 14.4 Å². The predicted octanol–water partition coefficient (Wildman–Crippen LogP) is 2.93. The van der Waals surface area contributed by atoms with Crippen LogP contribution in [0.15, 0.2) is 41.1 Å². The zero-order chi connectivity index (χ0) is 21.0. The number of ether oxygens (including phenoxy) is 4. The first-order chi connectivity index (χ1) is 14.0. The van der Waals surface area contributed by atoms with Crippen LogP contribution < -0.4 is 19.2 Å². The molecule has 29 heavy (non-hydrogen) atoms. The van der Waals surface area contributed by atoms with Crippen molar-refractivity contribution < 1.29 is 23.7 Å². The molecule has 0 atom stereocenters. The monoisotopic (exact) mass is 418 g/mol. The third-order valence-electron chi connectivity index (χ3n) is 3.91. The first-order valence-corrected chi connectivity index (χ1v) is 9.58. The van der Waals surface area contributed by atoms with Crippen molar-refractivity contribution in [2.75, 3.05) is 32.9 Å². The Hall–Kier alpha value is -2.98. The van der Waals surface area contributed by atoms with Gasteiger partial charge in [-0.05, 0) is 26.0 Å². The van der Waals surface area contributed by atoms with Crippen LogP contribution in [0.4, 0.5) is 5.69 Å². The van der Waals surface area contributed by atoms with Gasteiger partial charge >= 0.3 is 12.0 Å². The molecule has 3 rings (SSSR count). The van der Waals surface area contributed by atoms with Crippen LogP contribution in [0.3, 0.4) is 0 Å². The standard InChI is InChI=1S/C19H22N4O5S/c1-6-27-17(24)16-18(28-19-20-14(25-4)11-15(21-19)26-5)29-22(3)23(16)13-9-7-12(2)8-10-13/h7-11H,6H2,1-5H3. The van der Waals surface area contributed by atoms with E-state index >= 15 is 0 Å². The molecule has 0 fully saturated rings. The molecule has 0 amide bonds. The van der Waals surface area contributed by atoms with Gasteiger partial charge in [-0.25, -0.2) is 4.79 Å². The van der Waals surface area contributed by atoms with Crippen LogP contribution in [0.25, 0.3) is 0 Å². The number of aromatic nitrogens is 2. The largest absolute Gasteiger partial charge is 0.481 e. The van der Waals surface area contributed by atoms with Crippen LogP contribution in [-0.2, 0) is 9.53 Å². The molecule has 2 aromatic rings. The number of nitrogens with zero attached hydrogens (tertiary/aromatic N) is 4. The number of esters is 1. The molecular formula is C19H22N4O5S. The van der Waals surface area contributed by atoms with E-state index in [2.05, 4.69) is 9.97 Å². The summed E-state index contributed by atoms with van der Waals surface area (Å²) in [7, 11) is 4.77. The van der Waals surface area contributed by atoms with E-state index in [1.165, 1.54) is 32.2 Å². The molecule has 0 unspecified atom stereocenters. The highest BCUT2D eigenvalue weighted by Crippen LogP contribution is 2.40. The summed E-state index contributed by atoms with van der Waals surface area (Å²) in [6.07, 6.45) is 0. The molecule has 0 bridgehead atoms. The average Bonchev–Trinajstić information content (AvgIpc) is 3.04. The highest BCUT2D eigenvalue weighted by molar-refractivity contribution is 8.01. The number of methoxy groups -OCH3 is 2. The number of hydrogen-bond acceptors (Lipinski definition) is 10. The first kappa shape index (κ1) is 20.7. The summed E-state index contributed by atoms with van der Waals surface area (Å²) in [5, 5.41) is 2.00. The lowest BCUT2D eigenvalue weighted by Gasteiger charge is -2.26. The van der Waals surface area contributed by atoms with Gasteiger partial charge in [0.25, 0.3) is 0 Å². The summed E-state index contributed by atoms with van der Waals surface area (Å²) in [5.74, 6) is 0.0311. The Bertz CT molecular complexity index is 897. The van der Waals surface area contributed by atoms with Crippen molar-refractivity contribution in [3.05, 3.63) is 46.7 Å². The summed E-state index contributed by atoms with van der Waals surface area (Å²) in [4.78, 5) is 21.1. The van der Waals surface area contributed by atoms with Gasteiger partial charge in [-0.1, -0.05) is 17.7 Å². The second kappa shape index (κ2) is 9.01. The quantitative estimate of drug-likeness (QED) is 0.494. The molecule has 154 valence electrons. The Morgan fingerprint density at radius 1 is 1.10 bits per heavy atom. The Labute approximate surface area is 173 Å². The van der Waals surface area contributed by atoms with Gasteiger partial charge in [-0.2, -0.15) is 14.4 Å². The molecule has 0 saturated heterocycles. The molecule has 9 nitrogen and oxygen atoms in total. The maximum Gasteiger partial charge on any atom is 0.361 e. The van der Waals surface area contributed by atoms with Crippen LogP contribution in [0.5, 0.6) is 17.8 Å². The van der Waals surface area contributed by atoms with Gasteiger partial charge in [0.05, 0.1) is 32.6 Å². The number of aryl methyl sites for hydroxylation is 1. The maximum absolute atomic E-state index is 12.8. The number of carbonyl (C=O) groups excluding carboxylic acids is 1. The topological polar surface area (TPSA) is 86.2 Å². The van der Waals surface area contributed by atoms with Gasteiger partial charge in [0.2, 0.25) is 16.9 Å². The van der Waals surface area contributed by atoms with Crippen LogP contribution >= 0.6 is 11.9 Å². The number of rotatable bonds is 7. The average molecular weight is 418 g/mol. The fourth-order valence-corrected chi connectivity index (χ4v) is 3.43. The number of hydrazine groups is 1.